The number of alkyl halides is 3. The van der Waals surface area contributed by atoms with E-state index in [1.54, 1.807) is 11.0 Å². The summed E-state index contributed by atoms with van der Waals surface area (Å²) < 4.78 is 48.9. The first-order valence-corrected chi connectivity index (χ1v) is 9.59. The lowest BCUT2D eigenvalue weighted by atomic mass is 9.97. The van der Waals surface area contributed by atoms with Crippen LogP contribution in [-0.2, 0) is 30.3 Å². The van der Waals surface area contributed by atoms with Crippen LogP contribution in [0.4, 0.5) is 13.2 Å². The molecule has 0 spiro atoms. The second kappa shape index (κ2) is 9.06. The number of aliphatic hydroxyl groups is 1. The van der Waals surface area contributed by atoms with E-state index in [9.17, 15) is 23.1 Å². The largest absolute Gasteiger partial charge is 0.467 e. The first kappa shape index (κ1) is 22.1. The molecule has 30 heavy (non-hydrogen) atoms. The molecule has 0 saturated heterocycles. The average Bonchev–Trinajstić information content (AvgIpc) is 3.01. The lowest BCUT2D eigenvalue weighted by Gasteiger charge is -2.17. The normalized spacial score (nSPS) is 13.7. The van der Waals surface area contributed by atoms with Crippen molar-refractivity contribution in [1.29, 1.82) is 0 Å². The van der Waals surface area contributed by atoms with Crippen molar-refractivity contribution in [2.75, 3.05) is 27.1 Å². The summed E-state index contributed by atoms with van der Waals surface area (Å²) in [6, 6.07) is 6.79. The minimum Gasteiger partial charge on any atom is -0.467 e. The van der Waals surface area contributed by atoms with E-state index in [-0.39, 0.29) is 19.3 Å². The molecule has 0 unspecified atom stereocenters. The average molecular weight is 423 g/mol. The van der Waals surface area contributed by atoms with E-state index in [1.165, 1.54) is 19.2 Å². The van der Waals surface area contributed by atoms with Crippen LogP contribution in [0.5, 0.6) is 5.75 Å². The maximum absolute atomic E-state index is 12.9. The van der Waals surface area contributed by atoms with Gasteiger partial charge in [-0.1, -0.05) is 12.1 Å². The van der Waals surface area contributed by atoms with Gasteiger partial charge in [0, 0.05) is 31.4 Å². The van der Waals surface area contributed by atoms with Crippen molar-refractivity contribution in [2.45, 2.75) is 32.5 Å². The molecule has 0 bridgehead atoms. The third kappa shape index (κ3) is 4.60. The van der Waals surface area contributed by atoms with Crippen LogP contribution >= 0.6 is 0 Å². The summed E-state index contributed by atoms with van der Waals surface area (Å²) in [5, 5.41) is 9.39. The van der Waals surface area contributed by atoms with Crippen LogP contribution in [-0.4, -0.2) is 43.0 Å². The molecule has 2 aromatic rings. The Morgan fingerprint density at radius 2 is 1.87 bits per heavy atom. The summed E-state index contributed by atoms with van der Waals surface area (Å²) >= 11 is 0. The molecule has 0 aromatic heterocycles. The van der Waals surface area contributed by atoms with Crippen molar-refractivity contribution in [3.8, 4) is 5.75 Å². The molecule has 8 heteroatoms. The number of carbonyl (C=O) groups excluding carboxylic acids is 1. The smallest absolute Gasteiger partial charge is 0.416 e. The number of benzene rings is 2. The van der Waals surface area contributed by atoms with Gasteiger partial charge in [-0.25, -0.2) is 0 Å². The zero-order chi connectivity index (χ0) is 21.9. The quantitative estimate of drug-likeness (QED) is 0.658. The van der Waals surface area contributed by atoms with Crippen molar-refractivity contribution >= 4 is 5.91 Å². The van der Waals surface area contributed by atoms with E-state index >= 15 is 0 Å². The molecule has 0 radical (unpaired) electrons. The van der Waals surface area contributed by atoms with Crippen LogP contribution < -0.4 is 4.74 Å². The Bertz CT molecular complexity index is 910. The number of rotatable bonds is 8. The maximum Gasteiger partial charge on any atom is 0.416 e. The van der Waals surface area contributed by atoms with Gasteiger partial charge in [-0.15, -0.1) is 0 Å². The highest BCUT2D eigenvalue weighted by Gasteiger charge is 2.33. The minimum atomic E-state index is -4.37. The van der Waals surface area contributed by atoms with Gasteiger partial charge in [-0.05, 0) is 54.7 Å². The Hall–Kier alpha value is -2.58. The summed E-state index contributed by atoms with van der Waals surface area (Å²) in [5.74, 6) is 0.420. The lowest BCUT2D eigenvalue weighted by molar-refractivity contribution is -0.137. The number of amides is 1. The topological polar surface area (TPSA) is 59.0 Å². The zero-order valence-electron chi connectivity index (χ0n) is 16.9. The number of hydrogen-bond acceptors (Lipinski definition) is 4. The van der Waals surface area contributed by atoms with Crippen molar-refractivity contribution in [3.05, 3.63) is 63.7 Å². The Balaban J connectivity index is 1.78. The highest BCUT2D eigenvalue weighted by atomic mass is 19.4. The molecule has 3 rings (SSSR count). The Kier molecular flexibility index (Phi) is 6.67. The lowest BCUT2D eigenvalue weighted by Crippen LogP contribution is -2.26. The molecular formula is C22H24F3NO4. The van der Waals surface area contributed by atoms with Gasteiger partial charge in [-0.2, -0.15) is 13.2 Å². The number of nitrogens with zero attached hydrogens (tertiary/aromatic N) is 1. The van der Waals surface area contributed by atoms with Gasteiger partial charge in [0.05, 0.1) is 12.1 Å². The van der Waals surface area contributed by atoms with Crippen LogP contribution in [0.15, 0.2) is 30.3 Å². The fourth-order valence-corrected chi connectivity index (χ4v) is 3.67. The summed E-state index contributed by atoms with van der Waals surface area (Å²) in [6.45, 7) is 2.55. The van der Waals surface area contributed by atoms with E-state index in [0.29, 0.717) is 37.2 Å². The van der Waals surface area contributed by atoms with Crippen molar-refractivity contribution in [1.82, 2.24) is 4.90 Å². The second-order valence-corrected chi connectivity index (χ2v) is 7.22. The van der Waals surface area contributed by atoms with E-state index in [1.807, 2.05) is 6.92 Å². The van der Waals surface area contributed by atoms with Crippen LogP contribution in [0.1, 0.15) is 38.2 Å². The van der Waals surface area contributed by atoms with Crippen LogP contribution in [0, 0.1) is 6.92 Å². The highest BCUT2D eigenvalue weighted by Crippen LogP contribution is 2.37. The molecule has 0 fully saturated rings. The van der Waals surface area contributed by atoms with Crippen molar-refractivity contribution in [2.24, 2.45) is 0 Å². The van der Waals surface area contributed by atoms with Gasteiger partial charge in [0.15, 0.2) is 6.79 Å². The van der Waals surface area contributed by atoms with Gasteiger partial charge < -0.3 is 19.5 Å². The highest BCUT2D eigenvalue weighted by molar-refractivity contribution is 5.99. The standard InChI is InChI=1S/C22H24F3NO4/c1-14-11-18-19(20(30-13-29-2)17(14)8-10-27)12-26(21(18)28)9-7-15-3-5-16(6-4-15)22(23,24)25/h3-6,11,27H,7-10,12-13H2,1-2H3. The molecule has 2 aromatic carbocycles. The first-order valence-electron chi connectivity index (χ1n) is 9.59. The molecular weight excluding hydrogens is 399 g/mol. The van der Waals surface area contributed by atoms with Gasteiger partial charge in [0.1, 0.15) is 5.75 Å². The molecule has 1 N–H and O–H groups in total. The van der Waals surface area contributed by atoms with Gasteiger partial charge in [0.2, 0.25) is 0 Å². The van der Waals surface area contributed by atoms with E-state index in [4.69, 9.17) is 9.47 Å². The van der Waals surface area contributed by atoms with Crippen molar-refractivity contribution < 1.29 is 32.5 Å². The molecule has 1 aliphatic rings. The third-order valence-corrected chi connectivity index (χ3v) is 5.21. The Labute approximate surface area is 173 Å². The molecule has 0 atom stereocenters. The summed E-state index contributed by atoms with van der Waals surface area (Å²) in [5.41, 5.74) is 3.02. The summed E-state index contributed by atoms with van der Waals surface area (Å²) in [7, 11) is 1.50. The van der Waals surface area contributed by atoms with E-state index < -0.39 is 11.7 Å². The molecule has 1 aliphatic heterocycles. The van der Waals surface area contributed by atoms with E-state index in [2.05, 4.69) is 0 Å². The number of aryl methyl sites for hydroxylation is 1. The second-order valence-electron chi connectivity index (χ2n) is 7.22. The number of fused-ring (bicyclic) bond motifs is 1. The third-order valence-electron chi connectivity index (χ3n) is 5.21. The SMILES string of the molecule is COCOc1c(CCO)c(C)cc2c1CN(CCc1ccc(C(F)(F)F)cc1)C2=O. The fraction of sp³-hybridized carbons (Fsp3) is 0.409. The molecule has 0 aliphatic carbocycles. The minimum absolute atomic E-state index is 0.0219. The Morgan fingerprint density at radius 3 is 2.47 bits per heavy atom. The summed E-state index contributed by atoms with van der Waals surface area (Å²) in [4.78, 5) is 14.5. The number of halogens is 3. The first-order chi connectivity index (χ1) is 14.3. The molecule has 5 nitrogen and oxygen atoms in total. The molecule has 0 saturated carbocycles. The van der Waals surface area contributed by atoms with Crippen LogP contribution in [0.3, 0.4) is 0 Å². The monoisotopic (exact) mass is 423 g/mol. The zero-order valence-corrected chi connectivity index (χ0v) is 16.9. The maximum atomic E-state index is 12.9. The number of hydrogen-bond donors (Lipinski definition) is 1. The van der Waals surface area contributed by atoms with Crippen LogP contribution in [0.2, 0.25) is 0 Å². The fourth-order valence-electron chi connectivity index (χ4n) is 3.67. The Morgan fingerprint density at radius 1 is 1.17 bits per heavy atom. The molecule has 162 valence electrons. The van der Waals surface area contributed by atoms with Crippen LogP contribution in [0.25, 0.3) is 0 Å². The molecule has 1 heterocycles. The number of aliphatic hydroxyl groups excluding tert-OH is 1. The molecule has 1 amide bonds. The predicted octanol–water partition coefficient (Wildman–Crippen LogP) is 3.73. The van der Waals surface area contributed by atoms with Gasteiger partial charge in [-0.3, -0.25) is 4.79 Å². The predicted molar refractivity (Wildman–Crippen MR) is 104 cm³/mol. The number of methoxy groups -OCH3 is 1. The summed E-state index contributed by atoms with van der Waals surface area (Å²) in [6.07, 6.45) is -3.53. The van der Waals surface area contributed by atoms with Gasteiger partial charge in [0.25, 0.3) is 5.91 Å². The number of carbonyl (C=O) groups is 1. The van der Waals surface area contributed by atoms with Crippen molar-refractivity contribution in [3.63, 3.8) is 0 Å². The van der Waals surface area contributed by atoms with Gasteiger partial charge >= 0.3 is 6.18 Å². The number of ether oxygens (including phenoxy) is 2. The van der Waals surface area contributed by atoms with E-state index in [0.717, 1.165) is 34.4 Å².